The molecule has 1 N–H and O–H groups in total. The van der Waals surface area contributed by atoms with Gasteiger partial charge in [0.25, 0.3) is 0 Å². The summed E-state index contributed by atoms with van der Waals surface area (Å²) in [6.07, 6.45) is -3.67. The molecule has 29 heavy (non-hydrogen) atoms. The van der Waals surface area contributed by atoms with Crippen LogP contribution in [0.25, 0.3) is 0 Å². The summed E-state index contributed by atoms with van der Waals surface area (Å²) in [5.74, 6) is -0.0830. The van der Waals surface area contributed by atoms with Gasteiger partial charge in [0.15, 0.2) is 0 Å². The minimum Gasteiger partial charge on any atom is -0.376 e. The average molecular weight is 414 g/mol. The lowest BCUT2D eigenvalue weighted by Crippen LogP contribution is -2.42. The van der Waals surface area contributed by atoms with Crippen LogP contribution in [0.1, 0.15) is 25.8 Å². The zero-order chi connectivity index (χ0) is 21.4. The number of carbonyl (C=O) groups excluding carboxylic acids is 2. The van der Waals surface area contributed by atoms with Gasteiger partial charge in [0, 0.05) is 45.0 Å². The Kier molecular flexibility index (Phi) is 8.31. The molecule has 0 unspecified atom stereocenters. The number of anilines is 1. The van der Waals surface area contributed by atoms with Crippen LogP contribution >= 0.6 is 0 Å². The fourth-order valence-electron chi connectivity index (χ4n) is 3.34. The highest BCUT2D eigenvalue weighted by Crippen LogP contribution is 2.30. The second kappa shape index (κ2) is 10.5. The highest BCUT2D eigenvalue weighted by atomic mass is 19.4. The number of amides is 2. The van der Waals surface area contributed by atoms with Gasteiger partial charge in [-0.1, -0.05) is 6.07 Å². The Morgan fingerprint density at radius 1 is 1.10 bits per heavy atom. The Morgan fingerprint density at radius 3 is 2.48 bits per heavy atom. The summed E-state index contributed by atoms with van der Waals surface area (Å²) < 4.78 is 38.4. The molecule has 0 aromatic heterocycles. The van der Waals surface area contributed by atoms with Gasteiger partial charge in [0.2, 0.25) is 11.8 Å². The van der Waals surface area contributed by atoms with E-state index in [1.807, 2.05) is 18.7 Å². The van der Waals surface area contributed by atoms with E-state index in [4.69, 9.17) is 0 Å². The molecule has 0 atom stereocenters. The molecule has 0 aliphatic carbocycles. The summed E-state index contributed by atoms with van der Waals surface area (Å²) in [5.41, 5.74) is -0.493. The summed E-state index contributed by atoms with van der Waals surface area (Å²) in [7, 11) is 0. The Morgan fingerprint density at radius 2 is 1.83 bits per heavy atom. The third-order valence-electron chi connectivity index (χ3n) is 5.05. The van der Waals surface area contributed by atoms with E-state index >= 15 is 0 Å². The Bertz CT molecular complexity index is 693. The third kappa shape index (κ3) is 6.92. The largest absolute Gasteiger partial charge is 0.416 e. The van der Waals surface area contributed by atoms with E-state index in [1.165, 1.54) is 12.1 Å². The van der Waals surface area contributed by atoms with Gasteiger partial charge < -0.3 is 15.1 Å². The second-order valence-electron chi connectivity index (χ2n) is 7.01. The topological polar surface area (TPSA) is 55.9 Å². The van der Waals surface area contributed by atoms with Gasteiger partial charge in [-0.2, -0.15) is 13.2 Å². The van der Waals surface area contributed by atoms with E-state index in [1.54, 1.807) is 9.80 Å². The molecular weight excluding hydrogens is 385 g/mol. The first-order valence-corrected chi connectivity index (χ1v) is 9.93. The van der Waals surface area contributed by atoms with Gasteiger partial charge >= 0.3 is 6.18 Å². The zero-order valence-electron chi connectivity index (χ0n) is 17.0. The van der Waals surface area contributed by atoms with Gasteiger partial charge in [0.1, 0.15) is 0 Å². The first-order valence-electron chi connectivity index (χ1n) is 9.93. The highest BCUT2D eigenvalue weighted by Gasteiger charge is 2.30. The first kappa shape index (κ1) is 23.0. The SMILES string of the molecule is CCN(CC)C(=O)CN1CCCN(C(=O)CNc2cccc(C(F)(F)F)c2)CC1. The lowest BCUT2D eigenvalue weighted by atomic mass is 10.2. The van der Waals surface area contributed by atoms with Crippen LogP contribution < -0.4 is 5.32 Å². The lowest BCUT2D eigenvalue weighted by Gasteiger charge is -2.25. The molecule has 1 aromatic carbocycles. The number of hydrogen-bond donors (Lipinski definition) is 1. The predicted octanol–water partition coefficient (Wildman–Crippen LogP) is 2.52. The number of benzene rings is 1. The van der Waals surface area contributed by atoms with E-state index in [-0.39, 0.29) is 24.0 Å². The normalized spacial score (nSPS) is 15.7. The second-order valence-corrected chi connectivity index (χ2v) is 7.01. The molecule has 0 spiro atoms. The molecule has 0 radical (unpaired) electrons. The molecule has 1 fully saturated rings. The van der Waals surface area contributed by atoms with E-state index < -0.39 is 11.7 Å². The molecule has 0 saturated carbocycles. The van der Waals surface area contributed by atoms with Gasteiger partial charge in [-0.25, -0.2) is 0 Å². The number of nitrogens with one attached hydrogen (secondary N) is 1. The molecule has 2 amide bonds. The van der Waals surface area contributed by atoms with Crippen LogP contribution in [0.3, 0.4) is 0 Å². The van der Waals surface area contributed by atoms with Crippen molar-refractivity contribution in [3.63, 3.8) is 0 Å². The molecule has 1 aliphatic rings. The maximum Gasteiger partial charge on any atom is 0.416 e. The van der Waals surface area contributed by atoms with Crippen LogP contribution in [0, 0.1) is 0 Å². The molecule has 1 aliphatic heterocycles. The molecule has 1 aromatic rings. The van der Waals surface area contributed by atoms with Gasteiger partial charge in [0.05, 0.1) is 18.7 Å². The number of nitrogens with zero attached hydrogens (tertiary/aromatic N) is 3. The van der Waals surface area contributed by atoms with Crippen molar-refractivity contribution in [2.45, 2.75) is 26.4 Å². The monoisotopic (exact) mass is 414 g/mol. The summed E-state index contributed by atoms with van der Waals surface area (Å²) >= 11 is 0. The minimum absolute atomic E-state index is 0.0698. The van der Waals surface area contributed by atoms with E-state index in [0.29, 0.717) is 39.3 Å². The number of halogens is 3. The van der Waals surface area contributed by atoms with Crippen LogP contribution in [0.2, 0.25) is 0 Å². The van der Waals surface area contributed by atoms with Gasteiger partial charge in [-0.05, 0) is 38.5 Å². The van der Waals surface area contributed by atoms with Crippen molar-refractivity contribution in [1.82, 2.24) is 14.7 Å². The quantitative estimate of drug-likeness (QED) is 0.745. The fraction of sp³-hybridized carbons (Fsp3) is 0.600. The van der Waals surface area contributed by atoms with Crippen molar-refractivity contribution < 1.29 is 22.8 Å². The molecule has 0 bridgehead atoms. The molecule has 1 heterocycles. The van der Waals surface area contributed by atoms with Crippen molar-refractivity contribution in [3.05, 3.63) is 29.8 Å². The predicted molar refractivity (Wildman–Crippen MR) is 105 cm³/mol. The maximum absolute atomic E-state index is 12.8. The number of carbonyl (C=O) groups is 2. The minimum atomic E-state index is -4.42. The van der Waals surface area contributed by atoms with Crippen molar-refractivity contribution in [2.75, 3.05) is 57.7 Å². The molecule has 6 nitrogen and oxygen atoms in total. The van der Waals surface area contributed by atoms with Crippen molar-refractivity contribution in [1.29, 1.82) is 0 Å². The first-order chi connectivity index (χ1) is 13.7. The Balaban J connectivity index is 1.84. The van der Waals surface area contributed by atoms with Gasteiger partial charge in [-0.15, -0.1) is 0 Å². The van der Waals surface area contributed by atoms with Crippen LogP contribution in [-0.4, -0.2) is 78.9 Å². The lowest BCUT2D eigenvalue weighted by molar-refractivity contribution is -0.137. The molecule has 2 rings (SSSR count). The zero-order valence-corrected chi connectivity index (χ0v) is 17.0. The van der Waals surface area contributed by atoms with Crippen LogP contribution in [0.4, 0.5) is 18.9 Å². The molecule has 9 heteroatoms. The highest BCUT2D eigenvalue weighted by molar-refractivity contribution is 5.81. The van der Waals surface area contributed by atoms with Crippen molar-refractivity contribution >= 4 is 17.5 Å². The van der Waals surface area contributed by atoms with Crippen molar-refractivity contribution in [2.24, 2.45) is 0 Å². The molecule has 1 saturated heterocycles. The number of rotatable bonds is 7. The number of likely N-dealkylation sites (N-methyl/N-ethyl adjacent to an activating group) is 1. The summed E-state index contributed by atoms with van der Waals surface area (Å²) in [6, 6.07) is 4.81. The Labute approximate surface area is 169 Å². The average Bonchev–Trinajstić information content (AvgIpc) is 2.92. The number of hydrogen-bond acceptors (Lipinski definition) is 4. The van der Waals surface area contributed by atoms with Crippen LogP contribution in [0.15, 0.2) is 24.3 Å². The van der Waals surface area contributed by atoms with Crippen LogP contribution in [0.5, 0.6) is 0 Å². The van der Waals surface area contributed by atoms with Gasteiger partial charge in [-0.3, -0.25) is 14.5 Å². The maximum atomic E-state index is 12.8. The number of alkyl halides is 3. The van der Waals surface area contributed by atoms with E-state index in [9.17, 15) is 22.8 Å². The fourth-order valence-corrected chi connectivity index (χ4v) is 3.34. The summed E-state index contributed by atoms with van der Waals surface area (Å²) in [6.45, 7) is 7.91. The Hall–Kier alpha value is -2.29. The van der Waals surface area contributed by atoms with E-state index in [0.717, 1.165) is 25.1 Å². The third-order valence-corrected chi connectivity index (χ3v) is 5.05. The molecular formula is C20H29F3N4O2. The summed E-state index contributed by atoms with van der Waals surface area (Å²) in [4.78, 5) is 30.3. The van der Waals surface area contributed by atoms with Crippen molar-refractivity contribution in [3.8, 4) is 0 Å². The van der Waals surface area contributed by atoms with E-state index in [2.05, 4.69) is 5.32 Å². The summed E-state index contributed by atoms with van der Waals surface area (Å²) in [5, 5.41) is 2.78. The smallest absolute Gasteiger partial charge is 0.376 e. The van der Waals surface area contributed by atoms with Crippen LogP contribution in [-0.2, 0) is 15.8 Å². The molecule has 162 valence electrons. The standard InChI is InChI=1S/C20H29F3N4O2/c1-3-26(4-2)19(29)15-25-9-6-10-27(12-11-25)18(28)14-24-17-8-5-7-16(13-17)20(21,22)23/h5,7-8,13,24H,3-4,6,9-12,14-15H2,1-2H3.